The van der Waals surface area contributed by atoms with Gasteiger partial charge in [-0.05, 0) is 88.5 Å². The molecule has 4 heterocycles. The molecule has 3 aromatic heterocycles. The van der Waals surface area contributed by atoms with Crippen molar-refractivity contribution in [1.82, 2.24) is 24.8 Å². The molecule has 1 aliphatic heterocycles. The number of H-pyrrole nitrogens is 3. The number of carbonyl (C=O) groups excluding carboxylic acids is 2. The molecule has 3 aliphatic rings. The van der Waals surface area contributed by atoms with E-state index in [4.69, 9.17) is 4.74 Å². The number of allylic oxidation sites excluding steroid dienone is 1. The molecule has 2 saturated carbocycles. The summed E-state index contributed by atoms with van der Waals surface area (Å²) in [7, 11) is 0. The van der Waals surface area contributed by atoms with Crippen molar-refractivity contribution in [2.24, 2.45) is 11.0 Å². The summed E-state index contributed by atoms with van der Waals surface area (Å²) >= 11 is 0. The number of fused-ring (bicyclic) bond motifs is 2. The van der Waals surface area contributed by atoms with E-state index in [1.165, 1.54) is 27.9 Å². The van der Waals surface area contributed by atoms with E-state index in [9.17, 15) is 33.9 Å². The third kappa shape index (κ3) is 5.34. The van der Waals surface area contributed by atoms with Crippen LogP contribution in [0.5, 0.6) is 0 Å². The highest BCUT2D eigenvalue weighted by atomic mass is 16.5. The third-order valence-corrected chi connectivity index (χ3v) is 9.47. The van der Waals surface area contributed by atoms with Crippen molar-refractivity contribution in [3.05, 3.63) is 70.1 Å². The molecule has 14 heteroatoms. The van der Waals surface area contributed by atoms with Gasteiger partial charge in [0.15, 0.2) is 5.49 Å². The fraction of sp³-hybridized carbons (Fsp3) is 0.452. The van der Waals surface area contributed by atoms with Gasteiger partial charge in [-0.2, -0.15) is 5.10 Å². The quantitative estimate of drug-likeness (QED) is 0.282. The van der Waals surface area contributed by atoms with Gasteiger partial charge in [-0.3, -0.25) is 33.9 Å². The molecular weight excluding hydrogens is 584 g/mol. The second-order valence-electron chi connectivity index (χ2n) is 12.0. The van der Waals surface area contributed by atoms with E-state index < -0.39 is 23.0 Å². The van der Waals surface area contributed by atoms with Gasteiger partial charge < -0.3 is 19.8 Å². The average Bonchev–Trinajstić information content (AvgIpc) is 3.52. The van der Waals surface area contributed by atoms with Gasteiger partial charge in [0.25, 0.3) is 29.1 Å². The Morgan fingerprint density at radius 1 is 0.933 bits per heavy atom. The van der Waals surface area contributed by atoms with Crippen molar-refractivity contribution in [3.8, 4) is 0 Å². The number of pyridine rings is 2. The highest BCUT2D eigenvalue weighted by Gasteiger charge is 2.35. The summed E-state index contributed by atoms with van der Waals surface area (Å²) in [6.45, 7) is 3.80. The van der Waals surface area contributed by atoms with E-state index in [2.05, 4.69) is 20.2 Å². The van der Waals surface area contributed by atoms with E-state index in [0.29, 0.717) is 85.6 Å². The summed E-state index contributed by atoms with van der Waals surface area (Å²) in [4.78, 5) is 80.2. The monoisotopic (exact) mass is 618 g/mol. The third-order valence-electron chi connectivity index (χ3n) is 9.47. The van der Waals surface area contributed by atoms with Crippen molar-refractivity contribution in [2.45, 2.75) is 83.4 Å². The number of hydrogen-bond donors (Lipinski definition) is 4. The van der Waals surface area contributed by atoms with Crippen LogP contribution in [0.1, 0.15) is 84.5 Å². The lowest BCUT2D eigenvalue weighted by atomic mass is 9.86. The SMILES string of the molecule is Cc1c2c([nH]c(=O)/c1=C\C=C\c1c(C)c3c(=O)n(C4CCC(C(=O)O)CC4)[nH]c3[nH]c1=O)=NN(C1CCC(OC=O)CC1)C2=O. The molecule has 3 aromatic rings. The molecule has 1 amide bonds. The topological polar surface area (TPSA) is 200 Å². The Hall–Kier alpha value is -5.01. The smallest absolute Gasteiger partial charge is 0.306 e. The van der Waals surface area contributed by atoms with Crippen molar-refractivity contribution >= 4 is 41.5 Å². The number of amides is 1. The molecule has 0 aromatic carbocycles. The fourth-order valence-electron chi connectivity index (χ4n) is 6.93. The standard InChI is InChI=1S/C31H34N6O8/c1-15-21(27(39)32-25-23(15)29(41)36(34-25)18-8-6-17(7-9-18)31(43)44)4-3-5-22-16(2)24-26(33-28(22)40)35-37(30(24)42)19-10-12-20(13-11-19)45-14-38/h3-5,14,17-20H,6-13H2,1-2H3,(H,43,44)(H2,32,34,39)(H,33,35,40)/b4-3+,22-5-. The molecule has 6 rings (SSSR count). The Labute approximate surface area is 255 Å². The van der Waals surface area contributed by atoms with E-state index in [1.807, 2.05) is 0 Å². The summed E-state index contributed by atoms with van der Waals surface area (Å²) in [5, 5.41) is 18.7. The maximum Gasteiger partial charge on any atom is 0.306 e. The minimum absolute atomic E-state index is 0.172. The molecule has 2 aliphatic carbocycles. The van der Waals surface area contributed by atoms with Crippen LogP contribution >= 0.6 is 0 Å². The predicted octanol–water partition coefficient (Wildman–Crippen LogP) is 1.11. The van der Waals surface area contributed by atoms with Gasteiger partial charge in [-0.15, -0.1) is 0 Å². The normalized spacial score (nSPS) is 23.8. The van der Waals surface area contributed by atoms with Gasteiger partial charge in [-0.1, -0.05) is 6.08 Å². The molecule has 14 nitrogen and oxygen atoms in total. The predicted molar refractivity (Wildman–Crippen MR) is 162 cm³/mol. The first-order valence-electron chi connectivity index (χ1n) is 15.1. The molecule has 2 fully saturated rings. The zero-order valence-corrected chi connectivity index (χ0v) is 24.9. The second-order valence-corrected chi connectivity index (χ2v) is 12.0. The summed E-state index contributed by atoms with van der Waals surface area (Å²) in [5.41, 5.74) is 0.821. The lowest BCUT2D eigenvalue weighted by Crippen LogP contribution is -2.40. The molecule has 0 radical (unpaired) electrons. The fourth-order valence-corrected chi connectivity index (χ4v) is 6.93. The molecule has 45 heavy (non-hydrogen) atoms. The minimum atomic E-state index is -0.826. The molecule has 0 bridgehead atoms. The maximum absolute atomic E-state index is 13.4. The minimum Gasteiger partial charge on any atom is -0.481 e. The van der Waals surface area contributed by atoms with Crippen molar-refractivity contribution in [2.75, 3.05) is 0 Å². The van der Waals surface area contributed by atoms with Crippen LogP contribution in [0.3, 0.4) is 0 Å². The van der Waals surface area contributed by atoms with Crippen molar-refractivity contribution in [3.63, 3.8) is 0 Å². The van der Waals surface area contributed by atoms with E-state index >= 15 is 0 Å². The lowest BCUT2D eigenvalue weighted by molar-refractivity contribution is -0.143. The van der Waals surface area contributed by atoms with Gasteiger partial charge in [0.2, 0.25) is 0 Å². The number of aromatic nitrogens is 4. The highest BCUT2D eigenvalue weighted by molar-refractivity contribution is 5.96. The van der Waals surface area contributed by atoms with Gasteiger partial charge >= 0.3 is 5.97 Å². The lowest BCUT2D eigenvalue weighted by Gasteiger charge is -2.31. The Bertz CT molecular complexity index is 2030. The number of aromatic amines is 3. The molecular formula is C31H34N6O8. The Morgan fingerprint density at radius 3 is 2.29 bits per heavy atom. The van der Waals surface area contributed by atoms with E-state index in [1.54, 1.807) is 13.8 Å². The Morgan fingerprint density at radius 2 is 1.62 bits per heavy atom. The average molecular weight is 619 g/mol. The number of carboxylic acid groups (broad SMARTS) is 1. The highest BCUT2D eigenvalue weighted by Crippen LogP contribution is 2.32. The number of hydrogen-bond acceptors (Lipinski definition) is 8. The molecule has 0 atom stereocenters. The van der Waals surface area contributed by atoms with Crippen molar-refractivity contribution in [1.29, 1.82) is 0 Å². The van der Waals surface area contributed by atoms with Crippen LogP contribution in [0.2, 0.25) is 0 Å². The Balaban J connectivity index is 1.27. The largest absolute Gasteiger partial charge is 0.481 e. The zero-order valence-electron chi connectivity index (χ0n) is 24.9. The summed E-state index contributed by atoms with van der Waals surface area (Å²) in [6, 6.07) is -0.365. The van der Waals surface area contributed by atoms with Crippen LogP contribution in [-0.4, -0.2) is 60.4 Å². The van der Waals surface area contributed by atoms with Crippen LogP contribution in [0, 0.1) is 19.8 Å². The number of aryl methyl sites for hydroxylation is 1. The number of aliphatic carboxylic acids is 1. The van der Waals surface area contributed by atoms with E-state index in [0.717, 1.165) is 0 Å². The van der Waals surface area contributed by atoms with Crippen LogP contribution < -0.4 is 27.4 Å². The van der Waals surface area contributed by atoms with Gasteiger partial charge in [0, 0.05) is 10.8 Å². The maximum atomic E-state index is 13.4. The van der Waals surface area contributed by atoms with Gasteiger partial charge in [0.05, 0.1) is 29.0 Å². The first kappa shape index (κ1) is 30.0. The molecule has 4 N–H and O–H groups in total. The number of carboxylic acids is 1. The second kappa shape index (κ2) is 11.8. The first-order valence-corrected chi connectivity index (χ1v) is 15.1. The zero-order chi connectivity index (χ0) is 32.0. The van der Waals surface area contributed by atoms with Gasteiger partial charge in [0.1, 0.15) is 11.8 Å². The Kier molecular flexibility index (Phi) is 7.89. The number of carbonyl (C=O) groups is 3. The number of nitrogens with one attached hydrogen (secondary N) is 3. The van der Waals surface area contributed by atoms with Crippen molar-refractivity contribution < 1.29 is 24.2 Å². The molecule has 0 saturated heterocycles. The van der Waals surface area contributed by atoms with Gasteiger partial charge in [-0.25, -0.2) is 9.69 Å². The number of rotatable bonds is 7. The van der Waals surface area contributed by atoms with Crippen LogP contribution in [0.4, 0.5) is 0 Å². The van der Waals surface area contributed by atoms with Crippen LogP contribution in [0.25, 0.3) is 23.2 Å². The molecule has 0 spiro atoms. The molecule has 0 unspecified atom stereocenters. The van der Waals surface area contributed by atoms with Crippen LogP contribution in [0.15, 0.2) is 25.6 Å². The summed E-state index contributed by atoms with van der Waals surface area (Å²) in [5.74, 6) is -1.55. The van der Waals surface area contributed by atoms with Crippen LogP contribution in [-0.2, 0) is 14.3 Å². The number of ether oxygens (including phenoxy) is 1. The molecule has 236 valence electrons. The number of nitrogens with zero attached hydrogens (tertiary/aromatic N) is 3. The summed E-state index contributed by atoms with van der Waals surface area (Å²) in [6.07, 6.45) is 8.88. The van der Waals surface area contributed by atoms with E-state index in [-0.39, 0.29) is 45.9 Å². The summed E-state index contributed by atoms with van der Waals surface area (Å²) < 4.78 is 6.53. The first-order chi connectivity index (χ1) is 21.6.